The fourth-order valence-corrected chi connectivity index (χ4v) is 2.85. The Bertz CT molecular complexity index is 475. The van der Waals surface area contributed by atoms with Gasteiger partial charge in [-0.1, -0.05) is 0 Å². The highest BCUT2D eigenvalue weighted by atomic mass is 16.5. The molecule has 1 aliphatic rings. The maximum absolute atomic E-state index is 9.01. The Morgan fingerprint density at radius 3 is 3.00 bits per heavy atom. The highest BCUT2D eigenvalue weighted by Crippen LogP contribution is 2.22. The first-order valence-electron chi connectivity index (χ1n) is 7.19. The van der Waals surface area contributed by atoms with Gasteiger partial charge in [-0.3, -0.25) is 0 Å². The molecule has 1 heterocycles. The van der Waals surface area contributed by atoms with Gasteiger partial charge in [-0.25, -0.2) is 0 Å². The molecule has 1 N–H and O–H groups in total. The molecule has 4 heteroatoms. The maximum atomic E-state index is 9.01. The van der Waals surface area contributed by atoms with E-state index in [4.69, 9.17) is 10.00 Å². The van der Waals surface area contributed by atoms with Gasteiger partial charge >= 0.3 is 0 Å². The van der Waals surface area contributed by atoms with Crippen molar-refractivity contribution in [1.29, 1.82) is 5.26 Å². The van der Waals surface area contributed by atoms with Crippen LogP contribution in [-0.4, -0.2) is 38.7 Å². The molecule has 1 aromatic rings. The Labute approximate surface area is 121 Å². The van der Waals surface area contributed by atoms with E-state index in [0.717, 1.165) is 43.4 Å². The number of hydrogen-bond acceptors (Lipinski definition) is 4. The summed E-state index contributed by atoms with van der Waals surface area (Å²) in [5.74, 6) is 1.58. The van der Waals surface area contributed by atoms with E-state index in [9.17, 15) is 0 Å². The zero-order valence-electron chi connectivity index (χ0n) is 12.4. The van der Waals surface area contributed by atoms with E-state index in [1.54, 1.807) is 13.2 Å². The van der Waals surface area contributed by atoms with Crippen LogP contribution < -0.4 is 10.1 Å². The third kappa shape index (κ3) is 3.96. The lowest BCUT2D eigenvalue weighted by Crippen LogP contribution is -2.36. The van der Waals surface area contributed by atoms with Crippen LogP contribution in [0, 0.1) is 17.2 Å². The Balaban J connectivity index is 1.99. The number of piperidine rings is 1. The smallest absolute Gasteiger partial charge is 0.123 e. The van der Waals surface area contributed by atoms with Crippen molar-refractivity contribution in [1.82, 2.24) is 10.2 Å². The van der Waals surface area contributed by atoms with Gasteiger partial charge in [0, 0.05) is 18.7 Å². The lowest BCUT2D eigenvalue weighted by Gasteiger charge is -2.28. The molecular formula is C16H23N3O. The molecule has 0 aliphatic carbocycles. The average molecular weight is 273 g/mol. The topological polar surface area (TPSA) is 48.3 Å². The Kier molecular flexibility index (Phi) is 5.40. The first-order chi connectivity index (χ1) is 9.72. The van der Waals surface area contributed by atoms with E-state index in [1.807, 2.05) is 12.1 Å². The maximum Gasteiger partial charge on any atom is 0.123 e. The number of hydrogen-bond donors (Lipinski definition) is 1. The van der Waals surface area contributed by atoms with Crippen molar-refractivity contribution in [2.24, 2.45) is 5.92 Å². The normalized spacial score (nSPS) is 18.8. The summed E-state index contributed by atoms with van der Waals surface area (Å²) in [6.07, 6.45) is 2.57. The van der Waals surface area contributed by atoms with Crippen LogP contribution in [0.4, 0.5) is 0 Å². The first-order valence-corrected chi connectivity index (χ1v) is 7.19. The molecule has 108 valence electrons. The van der Waals surface area contributed by atoms with Gasteiger partial charge < -0.3 is 15.0 Å². The number of nitriles is 1. The molecule has 2 rings (SSSR count). The first kappa shape index (κ1) is 14.8. The van der Waals surface area contributed by atoms with Crippen LogP contribution in [0.2, 0.25) is 0 Å². The van der Waals surface area contributed by atoms with E-state index >= 15 is 0 Å². The van der Waals surface area contributed by atoms with Crippen LogP contribution in [0.1, 0.15) is 24.0 Å². The molecule has 0 saturated carbocycles. The second kappa shape index (κ2) is 7.28. The van der Waals surface area contributed by atoms with Gasteiger partial charge in [0.05, 0.1) is 18.7 Å². The Morgan fingerprint density at radius 1 is 1.50 bits per heavy atom. The SMILES string of the molecule is COc1ccc(C#N)cc1CN(C)CC1CCCNC1. The standard InChI is InChI=1S/C16H23N3O/c1-19(11-14-4-3-7-18-10-14)12-15-8-13(9-17)5-6-16(15)20-2/h5-6,8,14,18H,3-4,7,10-12H2,1-2H3. The monoisotopic (exact) mass is 273 g/mol. The van der Waals surface area contributed by atoms with Gasteiger partial charge in [-0.2, -0.15) is 5.26 Å². The van der Waals surface area contributed by atoms with Gasteiger partial charge in [0.25, 0.3) is 0 Å². The van der Waals surface area contributed by atoms with Gasteiger partial charge in [0.1, 0.15) is 5.75 Å². The number of methoxy groups -OCH3 is 1. The summed E-state index contributed by atoms with van der Waals surface area (Å²) in [6.45, 7) is 4.15. The van der Waals surface area contributed by atoms with E-state index in [-0.39, 0.29) is 0 Å². The molecular weight excluding hydrogens is 250 g/mol. The number of nitrogens with one attached hydrogen (secondary N) is 1. The van der Waals surface area contributed by atoms with Crippen molar-refractivity contribution in [3.05, 3.63) is 29.3 Å². The van der Waals surface area contributed by atoms with Gasteiger partial charge in [0.2, 0.25) is 0 Å². The Hall–Kier alpha value is -1.57. The summed E-state index contributed by atoms with van der Waals surface area (Å²) < 4.78 is 5.39. The summed E-state index contributed by atoms with van der Waals surface area (Å²) in [7, 11) is 3.81. The third-order valence-electron chi connectivity index (χ3n) is 3.82. The lowest BCUT2D eigenvalue weighted by molar-refractivity contribution is 0.235. The predicted molar refractivity (Wildman–Crippen MR) is 79.6 cm³/mol. The molecule has 1 atom stereocenters. The molecule has 1 saturated heterocycles. The summed E-state index contributed by atoms with van der Waals surface area (Å²) >= 11 is 0. The van der Waals surface area contributed by atoms with Crippen molar-refractivity contribution in [2.45, 2.75) is 19.4 Å². The molecule has 0 radical (unpaired) electrons. The van der Waals surface area contributed by atoms with Crippen molar-refractivity contribution in [3.63, 3.8) is 0 Å². The van der Waals surface area contributed by atoms with Crippen molar-refractivity contribution in [3.8, 4) is 11.8 Å². The van der Waals surface area contributed by atoms with Crippen LogP contribution in [0.25, 0.3) is 0 Å². The van der Waals surface area contributed by atoms with Gasteiger partial charge in [0.15, 0.2) is 0 Å². The molecule has 1 unspecified atom stereocenters. The molecule has 0 bridgehead atoms. The largest absolute Gasteiger partial charge is 0.496 e. The van der Waals surface area contributed by atoms with Crippen LogP contribution >= 0.6 is 0 Å². The molecule has 0 spiro atoms. The highest BCUT2D eigenvalue weighted by Gasteiger charge is 2.16. The summed E-state index contributed by atoms with van der Waals surface area (Å²) in [5, 5.41) is 12.5. The summed E-state index contributed by atoms with van der Waals surface area (Å²) in [4.78, 5) is 2.32. The minimum atomic E-state index is 0.688. The summed E-state index contributed by atoms with van der Waals surface area (Å²) in [5.41, 5.74) is 1.77. The minimum Gasteiger partial charge on any atom is -0.496 e. The molecule has 1 fully saturated rings. The predicted octanol–water partition coefficient (Wildman–Crippen LogP) is 2.00. The quantitative estimate of drug-likeness (QED) is 0.891. The van der Waals surface area contributed by atoms with Crippen molar-refractivity contribution in [2.75, 3.05) is 33.8 Å². The second-order valence-corrected chi connectivity index (χ2v) is 5.55. The number of ether oxygens (including phenoxy) is 1. The highest BCUT2D eigenvalue weighted by molar-refractivity contribution is 5.42. The fourth-order valence-electron chi connectivity index (χ4n) is 2.85. The van der Waals surface area contributed by atoms with Crippen LogP contribution in [0.3, 0.4) is 0 Å². The van der Waals surface area contributed by atoms with Crippen molar-refractivity contribution >= 4 is 0 Å². The molecule has 0 aromatic heterocycles. The van der Waals surface area contributed by atoms with Gasteiger partial charge in [-0.15, -0.1) is 0 Å². The number of rotatable bonds is 5. The van der Waals surface area contributed by atoms with E-state index in [0.29, 0.717) is 5.56 Å². The number of nitrogens with zero attached hydrogens (tertiary/aromatic N) is 2. The number of benzene rings is 1. The van der Waals surface area contributed by atoms with E-state index in [2.05, 4.69) is 23.3 Å². The van der Waals surface area contributed by atoms with Crippen molar-refractivity contribution < 1.29 is 4.74 Å². The van der Waals surface area contributed by atoms with Crippen LogP contribution in [-0.2, 0) is 6.54 Å². The Morgan fingerprint density at radius 2 is 2.35 bits per heavy atom. The van der Waals surface area contributed by atoms with Gasteiger partial charge in [-0.05, 0) is 57.1 Å². The molecule has 1 aliphatic heterocycles. The molecule has 0 amide bonds. The lowest BCUT2D eigenvalue weighted by atomic mass is 9.99. The zero-order chi connectivity index (χ0) is 14.4. The fraction of sp³-hybridized carbons (Fsp3) is 0.562. The van der Waals surface area contributed by atoms with Crippen LogP contribution in [0.15, 0.2) is 18.2 Å². The van der Waals surface area contributed by atoms with E-state index < -0.39 is 0 Å². The molecule has 4 nitrogen and oxygen atoms in total. The average Bonchev–Trinajstić information content (AvgIpc) is 2.48. The second-order valence-electron chi connectivity index (χ2n) is 5.55. The third-order valence-corrected chi connectivity index (χ3v) is 3.82. The summed E-state index contributed by atoms with van der Waals surface area (Å²) in [6, 6.07) is 7.79. The van der Waals surface area contributed by atoms with Crippen LogP contribution in [0.5, 0.6) is 5.75 Å². The molecule has 1 aromatic carbocycles. The zero-order valence-corrected chi connectivity index (χ0v) is 12.4. The molecule has 20 heavy (non-hydrogen) atoms. The van der Waals surface area contributed by atoms with E-state index in [1.165, 1.54) is 12.8 Å². The minimum absolute atomic E-state index is 0.688.